The Kier molecular flexibility index (Phi) is 6.33. The number of aliphatic carboxylic acids is 1. The maximum atomic E-state index is 11.8. The van der Waals surface area contributed by atoms with Gasteiger partial charge in [-0.3, -0.25) is 0 Å². The summed E-state index contributed by atoms with van der Waals surface area (Å²) in [6.45, 7) is 2.25. The highest BCUT2D eigenvalue weighted by Gasteiger charge is 2.16. The Labute approximate surface area is 183 Å². The number of carboxylic acid groups (broad SMARTS) is 1. The molecule has 0 aliphatic rings. The smallest absolute Gasteiger partial charge is 0.342 e. The second kappa shape index (κ2) is 9.49. The predicted molar refractivity (Wildman–Crippen MR) is 120 cm³/mol. The first-order valence-corrected chi connectivity index (χ1v) is 10.6. The lowest BCUT2D eigenvalue weighted by Crippen LogP contribution is -2.00. The lowest BCUT2D eigenvalue weighted by Gasteiger charge is -2.11. The number of benzene rings is 3. The van der Waals surface area contributed by atoms with Crippen molar-refractivity contribution >= 4 is 34.6 Å². The fourth-order valence-corrected chi connectivity index (χ4v) is 3.78. The Balaban J connectivity index is 1.58. The number of aromatic nitrogens is 2. The lowest BCUT2D eigenvalue weighted by atomic mass is 10.1. The molecular formula is C24H20N2O4S. The van der Waals surface area contributed by atoms with Gasteiger partial charge < -0.3 is 14.3 Å². The number of carboxylic acids is 1. The van der Waals surface area contributed by atoms with Crippen LogP contribution in [0.5, 0.6) is 5.75 Å². The van der Waals surface area contributed by atoms with Gasteiger partial charge in [-0.2, -0.15) is 0 Å². The Bertz CT molecular complexity index is 1240. The summed E-state index contributed by atoms with van der Waals surface area (Å²) in [5, 5.41) is 19.9. The summed E-state index contributed by atoms with van der Waals surface area (Å²) in [5.74, 6) is -0.0225. The molecule has 0 spiro atoms. The van der Waals surface area contributed by atoms with Gasteiger partial charge in [-0.1, -0.05) is 67.6 Å². The van der Waals surface area contributed by atoms with E-state index in [1.54, 1.807) is 6.08 Å². The third kappa shape index (κ3) is 4.95. The number of thioether (sulfide) groups is 1. The zero-order valence-corrected chi connectivity index (χ0v) is 17.6. The number of hydrogen-bond acceptors (Lipinski definition) is 6. The molecule has 0 radical (unpaired) electrons. The van der Waals surface area contributed by atoms with Gasteiger partial charge in [0.15, 0.2) is 0 Å². The Morgan fingerprint density at radius 3 is 2.65 bits per heavy atom. The van der Waals surface area contributed by atoms with Crippen LogP contribution in [0.1, 0.15) is 23.9 Å². The van der Waals surface area contributed by atoms with E-state index in [9.17, 15) is 9.90 Å². The maximum absolute atomic E-state index is 11.8. The fourth-order valence-electron chi connectivity index (χ4n) is 3.10. The minimum Gasteiger partial charge on any atom is -0.488 e. The topological polar surface area (TPSA) is 85.5 Å². The Hall–Kier alpha value is -3.58. The van der Waals surface area contributed by atoms with Crippen molar-refractivity contribution < 1.29 is 19.1 Å². The standard InChI is InChI=1S/C24H20N2O4S/c1-2-22-25-26-24(30-22)31-21(23(27)28)14-17-9-4-6-13-20(17)29-15-18-11-7-10-16-8-3-5-12-19(16)18/h3-14H,2,15H2,1H3,(H,27,28)/b21-14-. The van der Waals surface area contributed by atoms with Crippen molar-refractivity contribution in [2.75, 3.05) is 0 Å². The highest BCUT2D eigenvalue weighted by atomic mass is 32.2. The number of para-hydroxylation sites is 1. The number of rotatable bonds is 8. The molecule has 0 atom stereocenters. The molecule has 0 aliphatic heterocycles. The van der Waals surface area contributed by atoms with Gasteiger partial charge in [0.05, 0.1) is 0 Å². The highest BCUT2D eigenvalue weighted by molar-refractivity contribution is 8.03. The third-order valence-corrected chi connectivity index (χ3v) is 5.48. The second-order valence-corrected chi connectivity index (χ2v) is 7.69. The van der Waals surface area contributed by atoms with Crippen LogP contribution in [0.15, 0.2) is 81.3 Å². The van der Waals surface area contributed by atoms with Gasteiger partial charge >= 0.3 is 5.97 Å². The Morgan fingerprint density at radius 2 is 1.84 bits per heavy atom. The van der Waals surface area contributed by atoms with Gasteiger partial charge in [0.1, 0.15) is 17.3 Å². The first-order chi connectivity index (χ1) is 15.1. The van der Waals surface area contributed by atoms with Crippen molar-refractivity contribution in [3.63, 3.8) is 0 Å². The largest absolute Gasteiger partial charge is 0.488 e. The molecule has 4 rings (SSSR count). The summed E-state index contributed by atoms with van der Waals surface area (Å²) in [6, 6.07) is 21.6. The highest BCUT2D eigenvalue weighted by Crippen LogP contribution is 2.31. The molecule has 31 heavy (non-hydrogen) atoms. The molecule has 1 heterocycles. The number of nitrogens with zero attached hydrogens (tertiary/aromatic N) is 2. The van der Waals surface area contributed by atoms with Crippen LogP contribution in [0, 0.1) is 0 Å². The van der Waals surface area contributed by atoms with E-state index in [0.29, 0.717) is 30.2 Å². The van der Waals surface area contributed by atoms with E-state index in [1.165, 1.54) is 0 Å². The number of fused-ring (bicyclic) bond motifs is 1. The molecule has 0 saturated heterocycles. The molecule has 1 aromatic heterocycles. The summed E-state index contributed by atoms with van der Waals surface area (Å²) >= 11 is 0.919. The van der Waals surface area contributed by atoms with Gasteiger partial charge in [0.2, 0.25) is 5.89 Å². The Morgan fingerprint density at radius 1 is 1.06 bits per heavy atom. The van der Waals surface area contributed by atoms with Crippen molar-refractivity contribution in [1.29, 1.82) is 0 Å². The van der Waals surface area contributed by atoms with Crippen molar-refractivity contribution in [1.82, 2.24) is 10.2 Å². The average Bonchev–Trinajstić information content (AvgIpc) is 3.25. The maximum Gasteiger partial charge on any atom is 0.342 e. The SMILES string of the molecule is CCc1nnc(S/C(=C\c2ccccc2OCc2cccc3ccccc23)C(=O)O)o1. The van der Waals surface area contributed by atoms with Crippen LogP contribution < -0.4 is 4.74 Å². The van der Waals surface area contributed by atoms with E-state index in [0.717, 1.165) is 28.1 Å². The van der Waals surface area contributed by atoms with Gasteiger partial charge in [-0.25, -0.2) is 4.79 Å². The van der Waals surface area contributed by atoms with Crippen LogP contribution in [0.3, 0.4) is 0 Å². The molecule has 0 fully saturated rings. The molecule has 156 valence electrons. The third-order valence-electron chi connectivity index (χ3n) is 4.63. The van der Waals surface area contributed by atoms with E-state index in [2.05, 4.69) is 28.4 Å². The zero-order chi connectivity index (χ0) is 21.6. The number of carbonyl (C=O) groups is 1. The van der Waals surface area contributed by atoms with Crippen LogP contribution in [-0.4, -0.2) is 21.3 Å². The summed E-state index contributed by atoms with van der Waals surface area (Å²) < 4.78 is 11.5. The van der Waals surface area contributed by atoms with E-state index < -0.39 is 5.97 Å². The second-order valence-electron chi connectivity index (χ2n) is 6.70. The number of aryl methyl sites for hydroxylation is 1. The van der Waals surface area contributed by atoms with E-state index in [1.807, 2.05) is 55.5 Å². The molecule has 0 aliphatic carbocycles. The number of hydrogen-bond donors (Lipinski definition) is 1. The molecule has 0 amide bonds. The van der Waals surface area contributed by atoms with Gasteiger partial charge in [-0.15, -0.1) is 10.2 Å². The molecule has 7 heteroatoms. The minimum absolute atomic E-state index is 0.0625. The van der Waals surface area contributed by atoms with Gasteiger partial charge in [0.25, 0.3) is 5.22 Å². The van der Waals surface area contributed by atoms with Crippen molar-refractivity contribution in [2.24, 2.45) is 0 Å². The molecular weight excluding hydrogens is 412 g/mol. The number of ether oxygens (including phenoxy) is 1. The quantitative estimate of drug-likeness (QED) is 0.287. The van der Waals surface area contributed by atoms with Crippen LogP contribution in [0.4, 0.5) is 0 Å². The molecule has 0 bridgehead atoms. The lowest BCUT2D eigenvalue weighted by molar-refractivity contribution is -0.131. The molecule has 3 aromatic carbocycles. The predicted octanol–water partition coefficient (Wildman–Crippen LogP) is 5.58. The van der Waals surface area contributed by atoms with Crippen molar-refractivity contribution in [3.8, 4) is 5.75 Å². The molecule has 1 N–H and O–H groups in total. The van der Waals surface area contributed by atoms with E-state index in [-0.39, 0.29) is 10.1 Å². The fraction of sp³-hybridized carbons (Fsp3) is 0.125. The van der Waals surface area contributed by atoms with Crippen LogP contribution in [0.2, 0.25) is 0 Å². The zero-order valence-electron chi connectivity index (χ0n) is 16.8. The van der Waals surface area contributed by atoms with Crippen LogP contribution in [-0.2, 0) is 17.8 Å². The first kappa shape index (κ1) is 20.7. The average molecular weight is 433 g/mol. The minimum atomic E-state index is -1.08. The van der Waals surface area contributed by atoms with E-state index >= 15 is 0 Å². The molecule has 0 saturated carbocycles. The molecule has 4 aromatic rings. The monoisotopic (exact) mass is 432 g/mol. The molecule has 0 unspecified atom stereocenters. The normalized spacial score (nSPS) is 11.6. The summed E-state index contributed by atoms with van der Waals surface area (Å²) in [7, 11) is 0. The first-order valence-electron chi connectivity index (χ1n) is 9.77. The summed E-state index contributed by atoms with van der Waals surface area (Å²) in [5.41, 5.74) is 1.71. The van der Waals surface area contributed by atoms with Gasteiger partial charge in [-0.05, 0) is 40.2 Å². The van der Waals surface area contributed by atoms with Crippen molar-refractivity contribution in [2.45, 2.75) is 25.2 Å². The molecule has 6 nitrogen and oxygen atoms in total. The summed E-state index contributed by atoms with van der Waals surface area (Å²) in [6.07, 6.45) is 2.14. The van der Waals surface area contributed by atoms with Crippen LogP contribution >= 0.6 is 11.8 Å². The van der Waals surface area contributed by atoms with Gasteiger partial charge in [0, 0.05) is 12.0 Å². The van der Waals surface area contributed by atoms with Crippen molar-refractivity contribution in [3.05, 3.63) is 88.7 Å². The summed E-state index contributed by atoms with van der Waals surface area (Å²) in [4.78, 5) is 11.9. The van der Waals surface area contributed by atoms with E-state index in [4.69, 9.17) is 9.15 Å². The van der Waals surface area contributed by atoms with Crippen LogP contribution in [0.25, 0.3) is 16.8 Å².